The highest BCUT2D eigenvalue weighted by molar-refractivity contribution is 5.77. The summed E-state index contributed by atoms with van der Waals surface area (Å²) in [6.07, 6.45) is 0. The average molecular weight is 301 g/mol. The molecule has 0 atom stereocenters. The Bertz CT molecular complexity index is 655. The van der Waals surface area contributed by atoms with Gasteiger partial charge in [0.15, 0.2) is 0 Å². The van der Waals surface area contributed by atoms with Gasteiger partial charge in [-0.25, -0.2) is 4.79 Å². The van der Waals surface area contributed by atoms with E-state index in [1.54, 1.807) is 0 Å². The van der Waals surface area contributed by atoms with Gasteiger partial charge in [-0.2, -0.15) is 0 Å². The van der Waals surface area contributed by atoms with Crippen LogP contribution in [0.25, 0.3) is 0 Å². The van der Waals surface area contributed by atoms with E-state index in [1.807, 2.05) is 31.2 Å². The number of nitrogens with one attached hydrogen (secondary N) is 4. The summed E-state index contributed by atoms with van der Waals surface area (Å²) in [5, 5.41) is 10.5. The highest BCUT2D eigenvalue weighted by Crippen LogP contribution is 2.14. The molecule has 8 heteroatoms. The van der Waals surface area contributed by atoms with E-state index >= 15 is 0 Å². The van der Waals surface area contributed by atoms with Crippen molar-refractivity contribution in [3.63, 3.8) is 0 Å². The van der Waals surface area contributed by atoms with Gasteiger partial charge in [0.25, 0.3) is 5.69 Å². The largest absolute Gasteiger partial charge is 0.352 e. The third kappa shape index (κ3) is 4.37. The number of non-ortho nitro benzene ring substituents is 1. The Hall–Kier alpha value is -3.29. The molecule has 0 radical (unpaired) electrons. The summed E-state index contributed by atoms with van der Waals surface area (Å²) in [5.74, 6) is 0. The average Bonchev–Trinajstić information content (AvgIpc) is 2.52. The number of rotatable bonds is 5. The predicted molar refractivity (Wildman–Crippen MR) is 83.2 cm³/mol. The van der Waals surface area contributed by atoms with Gasteiger partial charge in [0, 0.05) is 12.1 Å². The lowest BCUT2D eigenvalue weighted by molar-refractivity contribution is -0.384. The zero-order valence-electron chi connectivity index (χ0n) is 11.8. The number of hydrazine groups is 2. The fraction of sp³-hybridized carbons (Fsp3) is 0.0714. The number of nitro benzene ring substituents is 1. The Balaban J connectivity index is 1.77. The molecule has 8 nitrogen and oxygen atoms in total. The lowest BCUT2D eigenvalue weighted by Crippen LogP contribution is -2.41. The van der Waals surface area contributed by atoms with Crippen LogP contribution < -0.4 is 21.7 Å². The summed E-state index contributed by atoms with van der Waals surface area (Å²) in [7, 11) is 0. The molecule has 0 spiro atoms. The van der Waals surface area contributed by atoms with E-state index in [4.69, 9.17) is 0 Å². The molecule has 2 rings (SSSR count). The fourth-order valence-electron chi connectivity index (χ4n) is 1.59. The maximum Gasteiger partial charge on any atom is 0.352 e. The first-order valence-electron chi connectivity index (χ1n) is 6.44. The quantitative estimate of drug-likeness (QED) is 0.501. The highest BCUT2D eigenvalue weighted by atomic mass is 16.6. The van der Waals surface area contributed by atoms with Gasteiger partial charge in [0.05, 0.1) is 16.3 Å². The number of hydrogen-bond donors (Lipinski definition) is 4. The number of aryl methyl sites for hydroxylation is 1. The van der Waals surface area contributed by atoms with E-state index in [1.165, 1.54) is 24.3 Å². The number of nitrogens with zero attached hydrogens (tertiary/aromatic N) is 1. The number of carbonyl (C=O) groups excluding carboxylic acids is 1. The minimum atomic E-state index is -0.501. The molecule has 4 N–H and O–H groups in total. The highest BCUT2D eigenvalue weighted by Gasteiger charge is 2.04. The predicted octanol–water partition coefficient (Wildman–Crippen LogP) is 2.56. The number of nitro groups is 1. The molecule has 0 aliphatic rings. The Kier molecular flexibility index (Phi) is 4.76. The van der Waals surface area contributed by atoms with Crippen LogP contribution in [0, 0.1) is 17.0 Å². The van der Waals surface area contributed by atoms with Gasteiger partial charge >= 0.3 is 6.03 Å². The topological polar surface area (TPSA) is 108 Å². The molecule has 0 saturated heterocycles. The van der Waals surface area contributed by atoms with Crippen molar-refractivity contribution in [3.05, 3.63) is 64.2 Å². The van der Waals surface area contributed by atoms with Crippen LogP contribution in [0.1, 0.15) is 5.56 Å². The lowest BCUT2D eigenvalue weighted by atomic mass is 10.2. The first kappa shape index (κ1) is 15.1. The van der Waals surface area contributed by atoms with E-state index in [9.17, 15) is 14.9 Å². The van der Waals surface area contributed by atoms with Gasteiger partial charge in [0.1, 0.15) is 0 Å². The fourth-order valence-corrected chi connectivity index (χ4v) is 1.59. The summed E-state index contributed by atoms with van der Waals surface area (Å²) in [4.78, 5) is 21.6. The van der Waals surface area contributed by atoms with Crippen LogP contribution in [-0.4, -0.2) is 11.0 Å². The molecular formula is C14H15N5O3. The van der Waals surface area contributed by atoms with Crippen molar-refractivity contribution < 1.29 is 9.72 Å². The molecule has 0 fully saturated rings. The summed E-state index contributed by atoms with van der Waals surface area (Å²) in [5.41, 5.74) is 12.6. The standard InChI is InChI=1S/C14H15N5O3/c1-10-2-4-11(5-3-10)15-17-14(20)18-16-12-6-8-13(9-7-12)19(21)22/h2-9,15-16H,1H3,(H2,17,18,20). The van der Waals surface area contributed by atoms with Crippen molar-refractivity contribution in [1.82, 2.24) is 10.9 Å². The molecule has 22 heavy (non-hydrogen) atoms. The molecule has 0 bridgehead atoms. The normalized spacial score (nSPS) is 9.68. The third-order valence-corrected chi connectivity index (χ3v) is 2.77. The molecule has 0 heterocycles. The molecule has 114 valence electrons. The van der Waals surface area contributed by atoms with Crippen molar-refractivity contribution >= 4 is 23.1 Å². The number of amides is 2. The molecule has 0 aliphatic heterocycles. The van der Waals surface area contributed by atoms with Gasteiger partial charge < -0.3 is 0 Å². The lowest BCUT2D eigenvalue weighted by Gasteiger charge is -2.11. The zero-order chi connectivity index (χ0) is 15.9. The second-order valence-electron chi connectivity index (χ2n) is 4.50. The first-order chi connectivity index (χ1) is 10.5. The second kappa shape index (κ2) is 6.93. The van der Waals surface area contributed by atoms with Crippen molar-refractivity contribution in [3.8, 4) is 0 Å². The molecule has 0 saturated carbocycles. The van der Waals surface area contributed by atoms with E-state index < -0.39 is 11.0 Å². The number of urea groups is 1. The molecule has 0 aromatic heterocycles. The smallest absolute Gasteiger partial charge is 0.297 e. The molecule has 2 aromatic carbocycles. The van der Waals surface area contributed by atoms with Gasteiger partial charge in [0.2, 0.25) is 0 Å². The maximum absolute atomic E-state index is 11.6. The van der Waals surface area contributed by atoms with E-state index in [0.717, 1.165) is 11.3 Å². The van der Waals surface area contributed by atoms with Gasteiger partial charge in [-0.3, -0.25) is 31.8 Å². The number of anilines is 2. The number of carbonyl (C=O) groups is 1. The molecule has 2 aromatic rings. The molecule has 2 amide bonds. The summed E-state index contributed by atoms with van der Waals surface area (Å²) < 4.78 is 0. The number of benzene rings is 2. The van der Waals surface area contributed by atoms with Crippen LogP contribution in [0.4, 0.5) is 21.9 Å². The van der Waals surface area contributed by atoms with Crippen LogP contribution in [0.15, 0.2) is 48.5 Å². The summed E-state index contributed by atoms with van der Waals surface area (Å²) in [6.45, 7) is 1.97. The van der Waals surface area contributed by atoms with Crippen molar-refractivity contribution in [2.24, 2.45) is 0 Å². The van der Waals surface area contributed by atoms with Gasteiger partial charge in [-0.15, -0.1) is 0 Å². The minimum absolute atomic E-state index is 0.0176. The van der Waals surface area contributed by atoms with E-state index in [-0.39, 0.29) is 5.69 Å². The third-order valence-electron chi connectivity index (χ3n) is 2.77. The van der Waals surface area contributed by atoms with Gasteiger partial charge in [-0.05, 0) is 31.2 Å². The zero-order valence-corrected chi connectivity index (χ0v) is 11.8. The second-order valence-corrected chi connectivity index (χ2v) is 4.50. The Morgan fingerprint density at radius 2 is 1.36 bits per heavy atom. The number of hydrogen-bond acceptors (Lipinski definition) is 5. The van der Waals surface area contributed by atoms with Crippen molar-refractivity contribution in [2.75, 3.05) is 10.9 Å². The van der Waals surface area contributed by atoms with Crippen molar-refractivity contribution in [1.29, 1.82) is 0 Å². The monoisotopic (exact) mass is 301 g/mol. The Labute approximate surface area is 126 Å². The van der Waals surface area contributed by atoms with Crippen molar-refractivity contribution in [2.45, 2.75) is 6.92 Å². The van der Waals surface area contributed by atoms with Crippen LogP contribution in [-0.2, 0) is 0 Å². The SMILES string of the molecule is Cc1ccc(NNC(=O)NNc2ccc([N+](=O)[O-])cc2)cc1. The van der Waals surface area contributed by atoms with Gasteiger partial charge in [-0.1, -0.05) is 17.7 Å². The summed E-state index contributed by atoms with van der Waals surface area (Å²) >= 11 is 0. The van der Waals surface area contributed by atoms with Crippen LogP contribution in [0.5, 0.6) is 0 Å². The van der Waals surface area contributed by atoms with E-state index in [2.05, 4.69) is 21.7 Å². The van der Waals surface area contributed by atoms with E-state index in [0.29, 0.717) is 5.69 Å². The maximum atomic E-state index is 11.6. The Morgan fingerprint density at radius 3 is 1.82 bits per heavy atom. The molecule has 0 unspecified atom stereocenters. The van der Waals surface area contributed by atoms with Crippen LogP contribution in [0.3, 0.4) is 0 Å². The molecular weight excluding hydrogens is 286 g/mol. The summed E-state index contributed by atoms with van der Waals surface area (Å²) in [6, 6.07) is 12.7. The minimum Gasteiger partial charge on any atom is -0.297 e. The van der Waals surface area contributed by atoms with Crippen LogP contribution >= 0.6 is 0 Å². The molecule has 0 aliphatic carbocycles. The van der Waals surface area contributed by atoms with Crippen LogP contribution in [0.2, 0.25) is 0 Å². The first-order valence-corrected chi connectivity index (χ1v) is 6.44. The Morgan fingerprint density at radius 1 is 0.909 bits per heavy atom.